The van der Waals surface area contributed by atoms with Gasteiger partial charge in [-0.05, 0) is 44.7 Å². The van der Waals surface area contributed by atoms with Crippen molar-refractivity contribution in [2.75, 3.05) is 26.2 Å². The second-order valence-corrected chi connectivity index (χ2v) is 8.43. The van der Waals surface area contributed by atoms with Gasteiger partial charge in [-0.1, -0.05) is 18.2 Å². The molecule has 0 amide bonds. The fourth-order valence-electron chi connectivity index (χ4n) is 3.92. The van der Waals surface area contributed by atoms with Crippen molar-refractivity contribution in [2.45, 2.75) is 43.9 Å². The van der Waals surface area contributed by atoms with E-state index in [0.717, 1.165) is 32.4 Å². The third-order valence-corrected chi connectivity index (χ3v) is 5.77. The quantitative estimate of drug-likeness (QED) is 0.102. The van der Waals surface area contributed by atoms with Crippen molar-refractivity contribution in [3.63, 3.8) is 0 Å². The molecule has 1 heterocycles. The number of carboxylic acid groups (broad SMARTS) is 2. The molecule has 5 N–H and O–H groups in total. The Bertz CT molecular complexity index is 1060. The Balaban J connectivity index is 0.000000638. The molecule has 15 heteroatoms. The monoisotopic (exact) mass is 548 g/mol. The number of aliphatic carboxylic acids is 2. The van der Waals surface area contributed by atoms with Crippen LogP contribution in [0.1, 0.15) is 53.6 Å². The largest absolute Gasteiger partial charge is 0.490 e. The van der Waals surface area contributed by atoms with Crippen LogP contribution < -0.4 is 11.1 Å². The van der Waals surface area contributed by atoms with E-state index >= 15 is 0 Å². The number of ether oxygens (including phenoxy) is 1. The molecule has 0 radical (unpaired) electrons. The van der Waals surface area contributed by atoms with Gasteiger partial charge in [0, 0.05) is 23.1 Å². The molecule has 0 spiro atoms. The molecule has 0 saturated carbocycles. The van der Waals surface area contributed by atoms with Gasteiger partial charge in [0.15, 0.2) is 12.4 Å². The van der Waals surface area contributed by atoms with E-state index < -0.39 is 48.0 Å². The first-order valence-electron chi connectivity index (χ1n) is 11.5. The highest BCUT2D eigenvalue weighted by Crippen LogP contribution is 2.54. The first-order chi connectivity index (χ1) is 17.8. The first-order valence-corrected chi connectivity index (χ1v) is 11.5. The molecule has 0 aromatic heterocycles. The third-order valence-electron chi connectivity index (χ3n) is 5.77. The van der Waals surface area contributed by atoms with Crippen LogP contribution in [0.2, 0.25) is 0 Å². The zero-order valence-electron chi connectivity index (χ0n) is 20.0. The molecule has 1 saturated heterocycles. The number of rotatable bonds is 11. The lowest BCUT2D eigenvalue weighted by Gasteiger charge is -2.22. The molecule has 1 aliphatic carbocycles. The minimum Gasteiger partial charge on any atom is -0.479 e. The van der Waals surface area contributed by atoms with E-state index in [1.54, 1.807) is 0 Å². The number of fused-ring (bicyclic) bond motifs is 1. The Kier molecular flexibility index (Phi) is 10.9. The van der Waals surface area contributed by atoms with E-state index in [4.69, 9.17) is 30.4 Å². The van der Waals surface area contributed by atoms with Crippen molar-refractivity contribution in [3.8, 4) is 0 Å². The summed E-state index contributed by atoms with van der Waals surface area (Å²) in [6.07, 6.45) is -1.46. The average Bonchev–Trinajstić information content (AvgIpc) is 3.52. The summed E-state index contributed by atoms with van der Waals surface area (Å²) >= 11 is 0. The number of nitrogens with two attached hydrogens (primary N) is 1. The highest BCUT2D eigenvalue weighted by atomic mass is 19.4. The van der Waals surface area contributed by atoms with Crippen LogP contribution in [0.4, 0.5) is 13.2 Å². The van der Waals surface area contributed by atoms with Gasteiger partial charge in [0.25, 0.3) is 5.60 Å². The number of carboxylic acids is 2. The molecule has 1 atom stereocenters. The fourth-order valence-corrected chi connectivity index (χ4v) is 3.92. The van der Waals surface area contributed by atoms with Crippen LogP contribution in [-0.2, 0) is 39.3 Å². The molecule has 2 aliphatic rings. The summed E-state index contributed by atoms with van der Waals surface area (Å²) in [5.41, 5.74) is 4.04. The van der Waals surface area contributed by atoms with Crippen molar-refractivity contribution in [1.29, 1.82) is 0 Å². The van der Waals surface area contributed by atoms with E-state index in [1.165, 1.54) is 18.2 Å². The smallest absolute Gasteiger partial charge is 0.479 e. The number of piperidine rings is 1. The first kappa shape index (κ1) is 30.8. The summed E-state index contributed by atoms with van der Waals surface area (Å²) in [4.78, 5) is 66.7. The van der Waals surface area contributed by atoms with Crippen LogP contribution >= 0.6 is 0 Å². The number of hydrogen-bond acceptors (Lipinski definition) is 10. The number of nitrogens with one attached hydrogen (secondary N) is 1. The molecular formula is C23H27F3N2O10. The molecule has 1 aromatic carbocycles. The van der Waals surface area contributed by atoms with Gasteiger partial charge in [-0.15, -0.1) is 0 Å². The van der Waals surface area contributed by atoms with Crippen LogP contribution in [0.5, 0.6) is 0 Å². The average molecular weight is 548 g/mol. The molecule has 12 nitrogen and oxygen atoms in total. The Morgan fingerprint density at radius 3 is 2.29 bits per heavy atom. The Morgan fingerprint density at radius 1 is 1.11 bits per heavy atom. The molecule has 210 valence electrons. The van der Waals surface area contributed by atoms with Crippen LogP contribution in [0.3, 0.4) is 0 Å². The number of benzene rings is 1. The van der Waals surface area contributed by atoms with Crippen molar-refractivity contribution in [2.24, 2.45) is 11.7 Å². The molecule has 3 rings (SSSR count). The summed E-state index contributed by atoms with van der Waals surface area (Å²) in [5.74, 6) is -5.77. The summed E-state index contributed by atoms with van der Waals surface area (Å²) in [5, 5.41) is 19.2. The normalized spacial score (nSPS) is 18.4. The van der Waals surface area contributed by atoms with E-state index in [0.29, 0.717) is 12.3 Å². The Labute approximate surface area is 214 Å². The maximum atomic E-state index is 12.9. The van der Waals surface area contributed by atoms with Crippen LogP contribution in [0.15, 0.2) is 18.2 Å². The molecule has 1 aromatic rings. The third kappa shape index (κ3) is 8.05. The summed E-state index contributed by atoms with van der Waals surface area (Å²) < 4.78 is 36.7. The van der Waals surface area contributed by atoms with E-state index in [1.807, 2.05) is 0 Å². The lowest BCUT2D eigenvalue weighted by Crippen LogP contribution is -2.32. The van der Waals surface area contributed by atoms with Crippen LogP contribution in [0, 0.1) is 5.92 Å². The maximum Gasteiger partial charge on any atom is 0.490 e. The van der Waals surface area contributed by atoms with Gasteiger partial charge in [-0.25, -0.2) is 24.2 Å². The molecular weight excluding hydrogens is 521 g/mol. The predicted molar refractivity (Wildman–Crippen MR) is 120 cm³/mol. The fraction of sp³-hybridized carbons (Fsp3) is 0.522. The Hall–Kier alpha value is -3.40. The summed E-state index contributed by atoms with van der Waals surface area (Å²) in [6.45, 7) is 0.790. The van der Waals surface area contributed by atoms with Gasteiger partial charge in [0.2, 0.25) is 0 Å². The molecule has 1 unspecified atom stereocenters. The second kappa shape index (κ2) is 13.4. The predicted octanol–water partition coefficient (Wildman–Crippen LogP) is 1.29. The van der Waals surface area contributed by atoms with Crippen molar-refractivity contribution in [1.82, 2.24) is 5.32 Å². The van der Waals surface area contributed by atoms with Gasteiger partial charge in [0.1, 0.15) is 0 Å². The molecule has 38 heavy (non-hydrogen) atoms. The maximum absolute atomic E-state index is 12.9. The van der Waals surface area contributed by atoms with Crippen LogP contribution in [0.25, 0.3) is 0 Å². The molecule has 0 bridgehead atoms. The lowest BCUT2D eigenvalue weighted by molar-refractivity contribution is -0.333. The number of carbonyl (C=O) groups excluding carboxylic acids is 3. The van der Waals surface area contributed by atoms with Gasteiger partial charge in [-0.2, -0.15) is 13.2 Å². The number of ketones is 1. The zero-order valence-corrected chi connectivity index (χ0v) is 20.0. The minimum absolute atomic E-state index is 0.0622. The standard InChI is InChI=1S/C21H26N2O8.C2HF3O2/c22-11-16(24)14-4-2-5-15-19(14)21(15,31-29-12-17(25)26)20(28)30-18(27)6-1-3-13-7-9-23-10-8-13;3-2(4,5)1(6)7/h2,4-5,13,23H,1,3,6-12,22H2,(H,25,26);(H,6,7). The topological polar surface area (TPSA) is 192 Å². The number of carbonyl (C=O) groups is 5. The number of Topliss-reactive ketones (excluding diaryl/α,β-unsaturated/α-hetero) is 1. The number of hydrogen-bond donors (Lipinski definition) is 4. The summed E-state index contributed by atoms with van der Waals surface area (Å²) in [7, 11) is 0. The van der Waals surface area contributed by atoms with Crippen molar-refractivity contribution in [3.05, 3.63) is 34.9 Å². The van der Waals surface area contributed by atoms with E-state index in [-0.39, 0.29) is 29.7 Å². The van der Waals surface area contributed by atoms with Gasteiger partial charge < -0.3 is 26.0 Å². The number of alkyl halides is 3. The van der Waals surface area contributed by atoms with Crippen molar-refractivity contribution >= 4 is 29.7 Å². The van der Waals surface area contributed by atoms with E-state index in [9.17, 15) is 32.3 Å². The number of esters is 2. The zero-order chi connectivity index (χ0) is 28.5. The second-order valence-electron chi connectivity index (χ2n) is 8.43. The van der Waals surface area contributed by atoms with Gasteiger partial charge in [0.05, 0.1) is 6.54 Å². The minimum atomic E-state index is -5.08. The van der Waals surface area contributed by atoms with E-state index in [2.05, 4.69) is 10.2 Å². The lowest BCUT2D eigenvalue weighted by atomic mass is 9.92. The Morgan fingerprint density at radius 2 is 1.74 bits per heavy atom. The highest BCUT2D eigenvalue weighted by Gasteiger charge is 2.64. The van der Waals surface area contributed by atoms with Gasteiger partial charge >= 0.3 is 30.1 Å². The summed E-state index contributed by atoms with van der Waals surface area (Å²) in [6, 6.07) is 4.50. The number of halogens is 3. The SMILES string of the molecule is NCC(=O)c1cccc2c1C2(OOCC(=O)O)C(=O)OC(=O)CCCC1CCNCC1.O=C(O)C(F)(F)F. The van der Waals surface area contributed by atoms with Gasteiger partial charge in [-0.3, -0.25) is 9.59 Å². The highest BCUT2D eigenvalue weighted by molar-refractivity contribution is 6.08. The molecule has 1 fully saturated rings. The molecule has 1 aliphatic heterocycles. The van der Waals surface area contributed by atoms with Crippen molar-refractivity contribution < 1.29 is 61.9 Å². The van der Waals surface area contributed by atoms with Crippen LogP contribution in [-0.4, -0.2) is 72.3 Å².